The summed E-state index contributed by atoms with van der Waals surface area (Å²) in [6, 6.07) is 13.5. The first kappa shape index (κ1) is 18.1. The Balaban J connectivity index is 1.69. The van der Waals surface area contributed by atoms with Gasteiger partial charge in [-0.15, -0.1) is 0 Å². The topological polar surface area (TPSA) is 83.8 Å². The maximum atomic E-state index is 11.5. The van der Waals surface area contributed by atoms with E-state index in [2.05, 4.69) is 48.4 Å². The largest absolute Gasteiger partial charge is 0.381 e. The Labute approximate surface area is 178 Å². The fourth-order valence-electron chi connectivity index (χ4n) is 5.55. The Morgan fingerprint density at radius 1 is 1.13 bits per heavy atom. The van der Waals surface area contributed by atoms with Gasteiger partial charge >= 0.3 is 0 Å². The molecule has 0 bridgehead atoms. The number of H-pyrrole nitrogens is 1. The van der Waals surface area contributed by atoms with Crippen LogP contribution in [0.5, 0.6) is 0 Å². The fourth-order valence-corrected chi connectivity index (χ4v) is 5.55. The summed E-state index contributed by atoms with van der Waals surface area (Å²) in [6.07, 6.45) is 6.60. The van der Waals surface area contributed by atoms with Gasteiger partial charge in [0.15, 0.2) is 0 Å². The van der Waals surface area contributed by atoms with Gasteiger partial charge in [0.1, 0.15) is 5.82 Å². The molecule has 0 fully saturated rings. The van der Waals surface area contributed by atoms with Crippen LogP contribution in [0, 0.1) is 15.5 Å². The van der Waals surface area contributed by atoms with E-state index in [4.69, 9.17) is 4.98 Å². The van der Waals surface area contributed by atoms with Crippen molar-refractivity contribution in [3.8, 4) is 0 Å². The van der Waals surface area contributed by atoms with Crippen molar-refractivity contribution in [2.75, 3.05) is 0 Å². The molecule has 2 atom stereocenters. The highest BCUT2D eigenvalue weighted by Crippen LogP contribution is 2.50. The predicted molar refractivity (Wildman–Crippen MR) is 124 cm³/mol. The summed E-state index contributed by atoms with van der Waals surface area (Å²) >= 11 is 0. The molecule has 6 rings (SSSR count). The number of nitrogens with one attached hydrogen (secondary N) is 2. The molecule has 4 aromatic rings. The number of hydrogen-bond donors (Lipinski definition) is 2. The van der Waals surface area contributed by atoms with Crippen LogP contribution < -0.4 is 5.32 Å². The Kier molecular flexibility index (Phi) is 3.61. The van der Waals surface area contributed by atoms with Crippen molar-refractivity contribution in [2.45, 2.75) is 32.7 Å². The SMILES string of the molecule is CC1=C(c2nc3c4cc([N+](=O)[O-])ccc4c4ccccc4c3[nH]2)C2(C)CCC=CC2N1. The van der Waals surface area contributed by atoms with Gasteiger partial charge in [-0.3, -0.25) is 10.1 Å². The number of benzene rings is 3. The first-order valence-corrected chi connectivity index (χ1v) is 10.6. The van der Waals surface area contributed by atoms with Crippen molar-refractivity contribution >= 4 is 43.8 Å². The lowest BCUT2D eigenvalue weighted by Crippen LogP contribution is -2.37. The monoisotopic (exact) mass is 410 g/mol. The lowest BCUT2D eigenvalue weighted by Gasteiger charge is -2.34. The second-order valence-corrected chi connectivity index (χ2v) is 8.85. The third-order valence-corrected chi connectivity index (χ3v) is 7.06. The smallest absolute Gasteiger partial charge is 0.270 e. The zero-order chi connectivity index (χ0) is 21.3. The molecular weight excluding hydrogens is 388 g/mol. The van der Waals surface area contributed by atoms with Gasteiger partial charge < -0.3 is 10.3 Å². The van der Waals surface area contributed by atoms with Crippen molar-refractivity contribution in [1.82, 2.24) is 15.3 Å². The van der Waals surface area contributed by atoms with Crippen LogP contribution in [0.15, 0.2) is 60.3 Å². The van der Waals surface area contributed by atoms with E-state index < -0.39 is 0 Å². The second kappa shape index (κ2) is 6.17. The van der Waals surface area contributed by atoms with E-state index in [0.717, 1.165) is 56.9 Å². The van der Waals surface area contributed by atoms with E-state index in [1.54, 1.807) is 12.1 Å². The van der Waals surface area contributed by atoms with Crippen LogP contribution in [0.3, 0.4) is 0 Å². The standard InChI is InChI=1S/C25H22N4O2/c1-14-21(25(2)12-6-5-9-20(25)26-14)24-27-22-18-8-4-3-7-16(18)17-11-10-15(29(30)31)13-19(17)23(22)28-24/h3-5,7-11,13,20,26H,6,12H2,1-2H3,(H,27,28). The Morgan fingerprint density at radius 2 is 1.90 bits per heavy atom. The highest BCUT2D eigenvalue weighted by Gasteiger charge is 2.45. The van der Waals surface area contributed by atoms with E-state index in [-0.39, 0.29) is 22.1 Å². The van der Waals surface area contributed by atoms with Crippen LogP contribution in [-0.4, -0.2) is 20.9 Å². The van der Waals surface area contributed by atoms with Crippen LogP contribution in [0.1, 0.15) is 32.5 Å². The summed E-state index contributed by atoms with van der Waals surface area (Å²) in [6.45, 7) is 4.41. The van der Waals surface area contributed by atoms with Crippen molar-refractivity contribution < 1.29 is 4.92 Å². The molecule has 31 heavy (non-hydrogen) atoms. The molecule has 0 amide bonds. The van der Waals surface area contributed by atoms with Crippen LogP contribution >= 0.6 is 0 Å². The summed E-state index contributed by atoms with van der Waals surface area (Å²) in [7, 11) is 0. The maximum absolute atomic E-state index is 11.5. The molecule has 6 nitrogen and oxygen atoms in total. The summed E-state index contributed by atoms with van der Waals surface area (Å²) in [5.41, 5.74) is 4.10. The number of rotatable bonds is 2. The summed E-state index contributed by atoms with van der Waals surface area (Å²) < 4.78 is 0. The number of aromatic nitrogens is 2. The molecule has 2 heterocycles. The molecule has 2 aliphatic rings. The number of fused-ring (bicyclic) bond motifs is 7. The number of nitro benzene ring substituents is 1. The molecule has 154 valence electrons. The normalized spacial score (nSPS) is 23.0. The quantitative estimate of drug-likeness (QED) is 0.188. The Bertz CT molecular complexity index is 1480. The van der Waals surface area contributed by atoms with Gasteiger partial charge in [0.2, 0.25) is 0 Å². The summed E-state index contributed by atoms with van der Waals surface area (Å²) in [5, 5.41) is 19.0. The van der Waals surface area contributed by atoms with E-state index >= 15 is 0 Å². The number of hydrogen-bond acceptors (Lipinski definition) is 4. The van der Waals surface area contributed by atoms with Crippen molar-refractivity contribution in [3.05, 3.63) is 76.3 Å². The second-order valence-electron chi connectivity index (χ2n) is 8.85. The minimum atomic E-state index is -0.346. The zero-order valence-corrected chi connectivity index (χ0v) is 17.4. The van der Waals surface area contributed by atoms with Gasteiger partial charge in [-0.05, 0) is 36.6 Å². The van der Waals surface area contributed by atoms with Crippen LogP contribution in [0.2, 0.25) is 0 Å². The van der Waals surface area contributed by atoms with Crippen LogP contribution in [-0.2, 0) is 0 Å². The first-order valence-electron chi connectivity index (χ1n) is 10.6. The highest BCUT2D eigenvalue weighted by atomic mass is 16.6. The van der Waals surface area contributed by atoms with Gasteiger partial charge in [0, 0.05) is 39.6 Å². The van der Waals surface area contributed by atoms with Crippen LogP contribution in [0.4, 0.5) is 5.69 Å². The van der Waals surface area contributed by atoms with Gasteiger partial charge in [0.25, 0.3) is 5.69 Å². The molecule has 6 heteroatoms. The van der Waals surface area contributed by atoms with Gasteiger partial charge in [-0.1, -0.05) is 43.3 Å². The minimum absolute atomic E-state index is 0.0374. The molecular formula is C25H22N4O2. The van der Waals surface area contributed by atoms with E-state index in [1.165, 1.54) is 5.57 Å². The molecule has 0 saturated carbocycles. The predicted octanol–water partition coefficient (Wildman–Crippen LogP) is 5.84. The van der Waals surface area contributed by atoms with Gasteiger partial charge in [-0.25, -0.2) is 4.98 Å². The summed E-state index contributed by atoms with van der Waals surface area (Å²) in [5.74, 6) is 0.851. The number of allylic oxidation sites excluding steroid dienone is 2. The molecule has 0 radical (unpaired) electrons. The van der Waals surface area contributed by atoms with Gasteiger partial charge in [-0.2, -0.15) is 0 Å². The number of aromatic amines is 1. The van der Waals surface area contributed by atoms with E-state index in [0.29, 0.717) is 0 Å². The fraction of sp³-hybridized carbons (Fsp3) is 0.240. The van der Waals surface area contributed by atoms with Crippen molar-refractivity contribution in [3.63, 3.8) is 0 Å². The average molecular weight is 410 g/mol. The lowest BCUT2D eigenvalue weighted by atomic mass is 9.71. The molecule has 1 aliphatic heterocycles. The van der Waals surface area contributed by atoms with E-state index in [1.807, 2.05) is 18.2 Å². The first-order chi connectivity index (χ1) is 15.0. The third kappa shape index (κ3) is 2.42. The summed E-state index contributed by atoms with van der Waals surface area (Å²) in [4.78, 5) is 19.8. The van der Waals surface area contributed by atoms with E-state index in [9.17, 15) is 10.1 Å². The minimum Gasteiger partial charge on any atom is -0.381 e. The molecule has 0 saturated heterocycles. The number of nitrogens with zero attached hydrogens (tertiary/aromatic N) is 2. The lowest BCUT2D eigenvalue weighted by molar-refractivity contribution is -0.384. The Morgan fingerprint density at radius 3 is 2.71 bits per heavy atom. The van der Waals surface area contributed by atoms with Crippen molar-refractivity contribution in [2.24, 2.45) is 5.41 Å². The molecule has 0 spiro atoms. The molecule has 1 aliphatic carbocycles. The number of nitro groups is 1. The van der Waals surface area contributed by atoms with Crippen molar-refractivity contribution in [1.29, 1.82) is 0 Å². The number of non-ortho nitro benzene ring substituents is 1. The molecule has 2 N–H and O–H groups in total. The third-order valence-electron chi connectivity index (χ3n) is 7.06. The molecule has 2 unspecified atom stereocenters. The number of imidazole rings is 1. The zero-order valence-electron chi connectivity index (χ0n) is 17.4. The van der Waals surface area contributed by atoms with Crippen LogP contribution in [0.25, 0.3) is 38.2 Å². The average Bonchev–Trinajstić information content (AvgIpc) is 3.31. The van der Waals surface area contributed by atoms with Gasteiger partial charge in [0.05, 0.1) is 22.0 Å². The Hall–Kier alpha value is -3.67. The molecule has 3 aromatic carbocycles. The maximum Gasteiger partial charge on any atom is 0.270 e. The highest BCUT2D eigenvalue weighted by molar-refractivity contribution is 6.23. The molecule has 1 aromatic heterocycles.